The number of nitrogens with one attached hydrogen (secondary N) is 2. The molecular weight excluding hydrogens is 220 g/mol. The first-order valence-corrected chi connectivity index (χ1v) is 5.37. The lowest BCUT2D eigenvalue weighted by molar-refractivity contribution is -0.121. The number of carbonyl (C=O) groups excluding carboxylic acids is 2. The molecule has 17 heavy (non-hydrogen) atoms. The van der Waals surface area contributed by atoms with E-state index < -0.39 is 6.03 Å². The third-order valence-electron chi connectivity index (χ3n) is 2.36. The predicted octanol–water partition coefficient (Wildman–Crippen LogP) is 1.57. The Labute approximate surface area is 100 Å². The first kappa shape index (κ1) is 13.2. The summed E-state index contributed by atoms with van der Waals surface area (Å²) in [4.78, 5) is 27.4. The number of carbonyl (C=O) groups is 2. The molecule has 0 fully saturated rings. The second kappa shape index (κ2) is 6.65. The molecule has 3 amide bonds. The van der Waals surface area contributed by atoms with Crippen molar-refractivity contribution in [3.05, 3.63) is 35.9 Å². The topological polar surface area (TPSA) is 67.4 Å². The highest BCUT2D eigenvalue weighted by Gasteiger charge is 2.20. The first-order chi connectivity index (χ1) is 8.19. The number of hydrogen-bond acceptors (Lipinski definition) is 3. The first-order valence-electron chi connectivity index (χ1n) is 5.37. The van der Waals surface area contributed by atoms with Crippen molar-refractivity contribution in [3.8, 4) is 0 Å². The number of hydroxylamine groups is 1. The Morgan fingerprint density at radius 3 is 2.47 bits per heavy atom. The summed E-state index contributed by atoms with van der Waals surface area (Å²) in [5.74, 6) is -0.674. The molecule has 0 bridgehead atoms. The van der Waals surface area contributed by atoms with E-state index in [-0.39, 0.29) is 11.8 Å². The fraction of sp³-hybridized carbons (Fsp3) is 0.333. The number of hydrogen-bond donors (Lipinski definition) is 2. The van der Waals surface area contributed by atoms with Crippen LogP contribution in [0.4, 0.5) is 4.79 Å². The summed E-state index contributed by atoms with van der Waals surface area (Å²) in [5.41, 5.74) is 2.92. The molecule has 0 saturated carbocycles. The molecule has 0 radical (unpaired) electrons. The fourth-order valence-electron chi connectivity index (χ4n) is 1.58. The molecule has 0 heterocycles. The minimum absolute atomic E-state index is 0.334. The predicted molar refractivity (Wildman–Crippen MR) is 63.2 cm³/mol. The molecule has 1 aromatic rings. The van der Waals surface area contributed by atoms with Gasteiger partial charge in [0.15, 0.2) is 0 Å². The van der Waals surface area contributed by atoms with Crippen LogP contribution in [0.25, 0.3) is 0 Å². The van der Waals surface area contributed by atoms with Gasteiger partial charge in [-0.2, -0.15) is 0 Å². The molecule has 5 heteroatoms. The van der Waals surface area contributed by atoms with E-state index in [0.29, 0.717) is 6.42 Å². The van der Waals surface area contributed by atoms with Crippen molar-refractivity contribution in [2.75, 3.05) is 7.11 Å². The van der Waals surface area contributed by atoms with Crippen molar-refractivity contribution in [3.63, 3.8) is 0 Å². The molecule has 0 spiro atoms. The number of urea groups is 1. The van der Waals surface area contributed by atoms with Crippen molar-refractivity contribution in [2.45, 2.75) is 19.3 Å². The van der Waals surface area contributed by atoms with E-state index in [1.807, 2.05) is 42.7 Å². The largest absolute Gasteiger partial charge is 0.345 e. The molecule has 1 atom stereocenters. The maximum atomic E-state index is 11.8. The van der Waals surface area contributed by atoms with Gasteiger partial charge in [0.05, 0.1) is 13.0 Å². The van der Waals surface area contributed by atoms with Gasteiger partial charge >= 0.3 is 6.03 Å². The maximum Gasteiger partial charge on any atom is 0.345 e. The molecule has 0 aliphatic carbocycles. The molecule has 0 aliphatic rings. The average Bonchev–Trinajstić information content (AvgIpc) is 2.31. The quantitative estimate of drug-likeness (QED) is 0.780. The number of rotatable bonds is 4. The standard InChI is InChI=1S/C12H16N2O3/c1-3-10(9-7-5-4-6-8-9)11(15)13-12(16)14-17-2/h4-8,10H,3H2,1-2H3,(H2,13,14,15,16)/t10-/m1/s1. The lowest BCUT2D eigenvalue weighted by Crippen LogP contribution is -2.41. The molecule has 5 nitrogen and oxygen atoms in total. The van der Waals surface area contributed by atoms with E-state index in [0.717, 1.165) is 5.56 Å². The summed E-state index contributed by atoms with van der Waals surface area (Å²) in [6.45, 7) is 1.89. The summed E-state index contributed by atoms with van der Waals surface area (Å²) < 4.78 is 0. The summed E-state index contributed by atoms with van der Waals surface area (Å²) in [6.07, 6.45) is 0.621. The van der Waals surface area contributed by atoms with E-state index in [1.165, 1.54) is 7.11 Å². The average molecular weight is 236 g/mol. The van der Waals surface area contributed by atoms with Crippen LogP contribution < -0.4 is 10.8 Å². The van der Waals surface area contributed by atoms with Gasteiger partial charge in [-0.15, -0.1) is 0 Å². The summed E-state index contributed by atoms with van der Waals surface area (Å²) in [6, 6.07) is 8.67. The lowest BCUT2D eigenvalue weighted by atomic mass is 9.96. The van der Waals surface area contributed by atoms with Crippen LogP contribution in [0.5, 0.6) is 0 Å². The van der Waals surface area contributed by atoms with E-state index in [4.69, 9.17) is 0 Å². The highest BCUT2D eigenvalue weighted by Crippen LogP contribution is 2.18. The maximum absolute atomic E-state index is 11.8. The molecule has 0 aliphatic heterocycles. The minimum Gasteiger partial charge on any atom is -0.276 e. The SMILES string of the molecule is CC[C@@H](C(=O)NC(=O)NOC)c1ccccc1. The second-order valence-corrected chi connectivity index (χ2v) is 3.50. The Morgan fingerprint density at radius 1 is 1.29 bits per heavy atom. The Kier molecular flexibility index (Phi) is 5.16. The third kappa shape index (κ3) is 3.88. The second-order valence-electron chi connectivity index (χ2n) is 3.50. The van der Waals surface area contributed by atoms with Crippen molar-refractivity contribution in [1.29, 1.82) is 0 Å². The Balaban J connectivity index is 2.68. The number of imide groups is 1. The minimum atomic E-state index is -0.660. The van der Waals surface area contributed by atoms with Gasteiger partial charge in [-0.05, 0) is 12.0 Å². The van der Waals surface area contributed by atoms with Gasteiger partial charge in [-0.25, -0.2) is 10.3 Å². The van der Waals surface area contributed by atoms with Crippen LogP contribution in [0.15, 0.2) is 30.3 Å². The highest BCUT2D eigenvalue weighted by atomic mass is 16.6. The van der Waals surface area contributed by atoms with Crippen LogP contribution in [0.2, 0.25) is 0 Å². The summed E-state index contributed by atoms with van der Waals surface area (Å²) in [5, 5.41) is 2.22. The molecule has 92 valence electrons. The zero-order valence-electron chi connectivity index (χ0n) is 9.90. The molecule has 0 aromatic heterocycles. The molecule has 1 aromatic carbocycles. The summed E-state index contributed by atoms with van der Waals surface area (Å²) in [7, 11) is 1.30. The van der Waals surface area contributed by atoms with E-state index in [2.05, 4.69) is 10.2 Å². The monoisotopic (exact) mass is 236 g/mol. The van der Waals surface area contributed by atoms with E-state index in [9.17, 15) is 9.59 Å². The molecule has 0 saturated heterocycles. The van der Waals surface area contributed by atoms with Crippen molar-refractivity contribution < 1.29 is 14.4 Å². The van der Waals surface area contributed by atoms with Gasteiger partial charge in [0.2, 0.25) is 5.91 Å². The summed E-state index contributed by atoms with van der Waals surface area (Å²) >= 11 is 0. The number of amides is 3. The van der Waals surface area contributed by atoms with Crippen molar-refractivity contribution >= 4 is 11.9 Å². The fourth-order valence-corrected chi connectivity index (χ4v) is 1.58. The highest BCUT2D eigenvalue weighted by molar-refractivity contribution is 5.97. The van der Waals surface area contributed by atoms with Crippen LogP contribution >= 0.6 is 0 Å². The lowest BCUT2D eigenvalue weighted by Gasteiger charge is -2.14. The Hall–Kier alpha value is -1.88. The van der Waals surface area contributed by atoms with Gasteiger partial charge in [-0.3, -0.25) is 14.9 Å². The zero-order chi connectivity index (χ0) is 12.7. The van der Waals surface area contributed by atoms with Crippen LogP contribution in [0, 0.1) is 0 Å². The van der Waals surface area contributed by atoms with Crippen LogP contribution in [-0.4, -0.2) is 19.0 Å². The Bertz CT molecular complexity index is 379. The molecular formula is C12H16N2O3. The van der Waals surface area contributed by atoms with Crippen LogP contribution in [-0.2, 0) is 9.63 Å². The van der Waals surface area contributed by atoms with E-state index >= 15 is 0 Å². The zero-order valence-corrected chi connectivity index (χ0v) is 9.90. The molecule has 2 N–H and O–H groups in total. The van der Waals surface area contributed by atoms with Crippen LogP contribution in [0.3, 0.4) is 0 Å². The van der Waals surface area contributed by atoms with E-state index in [1.54, 1.807) is 0 Å². The van der Waals surface area contributed by atoms with Gasteiger partial charge in [0, 0.05) is 0 Å². The van der Waals surface area contributed by atoms with Crippen molar-refractivity contribution in [1.82, 2.24) is 10.8 Å². The number of benzene rings is 1. The smallest absolute Gasteiger partial charge is 0.276 e. The van der Waals surface area contributed by atoms with Gasteiger partial charge in [0.1, 0.15) is 0 Å². The van der Waals surface area contributed by atoms with Gasteiger partial charge in [0.25, 0.3) is 0 Å². The third-order valence-corrected chi connectivity index (χ3v) is 2.36. The van der Waals surface area contributed by atoms with Crippen LogP contribution in [0.1, 0.15) is 24.8 Å². The molecule has 1 rings (SSSR count). The molecule has 0 unspecified atom stereocenters. The van der Waals surface area contributed by atoms with Crippen molar-refractivity contribution in [2.24, 2.45) is 0 Å². The Morgan fingerprint density at radius 2 is 1.94 bits per heavy atom. The van der Waals surface area contributed by atoms with Gasteiger partial charge in [-0.1, -0.05) is 37.3 Å². The normalized spacial score (nSPS) is 11.6. The van der Waals surface area contributed by atoms with Gasteiger partial charge < -0.3 is 0 Å².